The Morgan fingerprint density at radius 2 is 2.43 bits per heavy atom. The molecule has 4 nitrogen and oxygen atoms in total. The van der Waals surface area contributed by atoms with E-state index < -0.39 is 12.1 Å². The van der Waals surface area contributed by atoms with Crippen LogP contribution in [-0.2, 0) is 11.2 Å². The van der Waals surface area contributed by atoms with Gasteiger partial charge < -0.3 is 10.2 Å². The van der Waals surface area contributed by atoms with Crippen molar-refractivity contribution in [2.75, 3.05) is 0 Å². The normalized spacial score (nSPS) is 18.1. The van der Waals surface area contributed by atoms with E-state index in [-0.39, 0.29) is 6.42 Å². The lowest BCUT2D eigenvalue weighted by atomic mass is 10.1. The van der Waals surface area contributed by atoms with Gasteiger partial charge in [-0.2, -0.15) is 0 Å². The Labute approximate surface area is 85.2 Å². The van der Waals surface area contributed by atoms with Crippen molar-refractivity contribution in [2.24, 2.45) is 0 Å². The first-order chi connectivity index (χ1) is 6.68. The lowest BCUT2D eigenvalue weighted by Gasteiger charge is -2.04. The molecular formula is C9H11NO3S. The molecule has 76 valence electrons. The van der Waals surface area contributed by atoms with Crippen LogP contribution in [0.1, 0.15) is 29.3 Å². The van der Waals surface area contributed by atoms with Gasteiger partial charge in [0.1, 0.15) is 0 Å². The molecule has 0 saturated heterocycles. The van der Waals surface area contributed by atoms with Crippen molar-refractivity contribution in [1.82, 2.24) is 4.98 Å². The van der Waals surface area contributed by atoms with Gasteiger partial charge in [-0.15, -0.1) is 11.3 Å². The van der Waals surface area contributed by atoms with Crippen molar-refractivity contribution in [1.29, 1.82) is 0 Å². The van der Waals surface area contributed by atoms with Crippen molar-refractivity contribution >= 4 is 17.3 Å². The SMILES string of the molecule is O=C(O)C(O)Cc1scnc1C1CC1. The average Bonchev–Trinajstić information content (AvgIpc) is 2.88. The first-order valence-corrected chi connectivity index (χ1v) is 5.39. The Hall–Kier alpha value is -0.940. The molecule has 14 heavy (non-hydrogen) atoms. The molecule has 2 N–H and O–H groups in total. The Bertz CT molecular complexity index is 346. The molecule has 0 radical (unpaired) electrons. The third kappa shape index (κ3) is 1.93. The van der Waals surface area contributed by atoms with E-state index in [1.807, 2.05) is 0 Å². The summed E-state index contributed by atoms with van der Waals surface area (Å²) in [7, 11) is 0. The summed E-state index contributed by atoms with van der Waals surface area (Å²) in [4.78, 5) is 15.6. The van der Waals surface area contributed by atoms with E-state index in [0.29, 0.717) is 5.92 Å². The molecule has 0 aromatic carbocycles. The summed E-state index contributed by atoms with van der Waals surface area (Å²) in [6, 6.07) is 0. The highest BCUT2D eigenvalue weighted by Gasteiger charge is 2.29. The molecule has 1 aromatic rings. The monoisotopic (exact) mass is 213 g/mol. The van der Waals surface area contributed by atoms with E-state index in [0.717, 1.165) is 23.4 Å². The van der Waals surface area contributed by atoms with E-state index in [1.54, 1.807) is 5.51 Å². The fraction of sp³-hybridized carbons (Fsp3) is 0.556. The van der Waals surface area contributed by atoms with Gasteiger partial charge in [-0.3, -0.25) is 0 Å². The van der Waals surface area contributed by atoms with Gasteiger partial charge in [-0.05, 0) is 12.8 Å². The topological polar surface area (TPSA) is 70.4 Å². The van der Waals surface area contributed by atoms with Gasteiger partial charge in [0.15, 0.2) is 6.10 Å². The zero-order chi connectivity index (χ0) is 10.1. The number of aromatic nitrogens is 1. The van der Waals surface area contributed by atoms with Crippen molar-refractivity contribution in [3.63, 3.8) is 0 Å². The second kappa shape index (κ2) is 3.67. The lowest BCUT2D eigenvalue weighted by molar-refractivity contribution is -0.146. The number of hydrogen-bond donors (Lipinski definition) is 2. The largest absolute Gasteiger partial charge is 0.479 e. The third-order valence-corrected chi connectivity index (χ3v) is 3.17. The van der Waals surface area contributed by atoms with Crippen LogP contribution in [0.25, 0.3) is 0 Å². The molecule has 5 heteroatoms. The Morgan fingerprint density at radius 1 is 1.71 bits per heavy atom. The number of aliphatic carboxylic acids is 1. The lowest BCUT2D eigenvalue weighted by Crippen LogP contribution is -2.21. The van der Waals surface area contributed by atoms with Crippen LogP contribution < -0.4 is 0 Å². The van der Waals surface area contributed by atoms with Crippen LogP contribution in [0.2, 0.25) is 0 Å². The molecule has 0 bridgehead atoms. The molecule has 1 saturated carbocycles. The van der Waals surface area contributed by atoms with Gasteiger partial charge in [0.2, 0.25) is 0 Å². The van der Waals surface area contributed by atoms with Crippen LogP contribution in [0.4, 0.5) is 0 Å². The van der Waals surface area contributed by atoms with Crippen LogP contribution in [-0.4, -0.2) is 27.3 Å². The van der Waals surface area contributed by atoms with Crippen molar-refractivity contribution in [3.05, 3.63) is 16.1 Å². The summed E-state index contributed by atoms with van der Waals surface area (Å²) < 4.78 is 0. The highest BCUT2D eigenvalue weighted by Crippen LogP contribution is 2.42. The van der Waals surface area contributed by atoms with E-state index in [1.165, 1.54) is 11.3 Å². The van der Waals surface area contributed by atoms with E-state index in [9.17, 15) is 9.90 Å². The highest BCUT2D eigenvalue weighted by molar-refractivity contribution is 7.09. The van der Waals surface area contributed by atoms with Gasteiger partial charge in [-0.1, -0.05) is 0 Å². The molecule has 1 atom stereocenters. The second-order valence-corrected chi connectivity index (χ2v) is 4.43. The second-order valence-electron chi connectivity index (χ2n) is 3.49. The zero-order valence-corrected chi connectivity index (χ0v) is 8.33. The summed E-state index contributed by atoms with van der Waals surface area (Å²) in [6.45, 7) is 0. The molecule has 2 rings (SSSR count). The smallest absolute Gasteiger partial charge is 0.332 e. The predicted octanol–water partition coefficient (Wildman–Crippen LogP) is 1.01. The standard InChI is InChI=1S/C9H11NO3S/c11-6(9(12)13)3-7-8(5-1-2-5)10-4-14-7/h4-6,11H,1-3H2,(H,12,13). The predicted molar refractivity (Wildman–Crippen MR) is 51.4 cm³/mol. The minimum absolute atomic E-state index is 0.186. The number of aliphatic hydroxyl groups is 1. The van der Waals surface area contributed by atoms with Crippen molar-refractivity contribution < 1.29 is 15.0 Å². The third-order valence-electron chi connectivity index (χ3n) is 2.30. The maximum absolute atomic E-state index is 10.5. The number of carboxylic acid groups (broad SMARTS) is 1. The van der Waals surface area contributed by atoms with Gasteiger partial charge in [0.25, 0.3) is 0 Å². The molecule has 1 aliphatic carbocycles. The molecule has 1 heterocycles. The summed E-state index contributed by atoms with van der Waals surface area (Å²) >= 11 is 1.43. The Kier molecular flexibility index (Phi) is 2.52. The molecule has 0 spiro atoms. The first kappa shape index (κ1) is 9.61. The summed E-state index contributed by atoms with van der Waals surface area (Å²) in [5, 5.41) is 17.8. The van der Waals surface area contributed by atoms with Gasteiger partial charge in [0, 0.05) is 17.2 Å². The molecule has 0 aliphatic heterocycles. The van der Waals surface area contributed by atoms with E-state index >= 15 is 0 Å². The number of hydrogen-bond acceptors (Lipinski definition) is 4. The van der Waals surface area contributed by atoms with Crippen molar-refractivity contribution in [2.45, 2.75) is 31.3 Å². The quantitative estimate of drug-likeness (QED) is 0.783. The number of carboxylic acids is 1. The number of nitrogens with zero attached hydrogens (tertiary/aromatic N) is 1. The van der Waals surface area contributed by atoms with Crippen LogP contribution >= 0.6 is 11.3 Å². The van der Waals surface area contributed by atoms with Gasteiger partial charge >= 0.3 is 5.97 Å². The van der Waals surface area contributed by atoms with E-state index in [2.05, 4.69) is 4.98 Å². The first-order valence-electron chi connectivity index (χ1n) is 4.51. The fourth-order valence-corrected chi connectivity index (χ4v) is 2.27. The highest BCUT2D eigenvalue weighted by atomic mass is 32.1. The Balaban J connectivity index is 2.08. The van der Waals surface area contributed by atoms with Crippen LogP contribution in [0.15, 0.2) is 5.51 Å². The molecular weight excluding hydrogens is 202 g/mol. The summed E-state index contributed by atoms with van der Waals surface area (Å²) in [5.41, 5.74) is 2.72. The Morgan fingerprint density at radius 3 is 3.00 bits per heavy atom. The molecule has 0 amide bonds. The summed E-state index contributed by atoms with van der Waals surface area (Å²) in [6.07, 6.45) is 1.17. The zero-order valence-electron chi connectivity index (χ0n) is 7.51. The average molecular weight is 213 g/mol. The van der Waals surface area contributed by atoms with E-state index in [4.69, 9.17) is 5.11 Å². The van der Waals surface area contributed by atoms with Crippen LogP contribution in [0.3, 0.4) is 0 Å². The number of carbonyl (C=O) groups is 1. The minimum atomic E-state index is -1.30. The maximum Gasteiger partial charge on any atom is 0.332 e. The number of thiazole rings is 1. The number of aliphatic hydroxyl groups excluding tert-OH is 1. The van der Waals surface area contributed by atoms with Crippen LogP contribution in [0, 0.1) is 0 Å². The molecule has 1 fully saturated rings. The molecule has 1 unspecified atom stereocenters. The molecule has 1 aromatic heterocycles. The number of rotatable bonds is 4. The van der Waals surface area contributed by atoms with Gasteiger partial charge in [0.05, 0.1) is 11.2 Å². The fourth-order valence-electron chi connectivity index (χ4n) is 1.38. The van der Waals surface area contributed by atoms with Crippen LogP contribution in [0.5, 0.6) is 0 Å². The van der Waals surface area contributed by atoms with Crippen molar-refractivity contribution in [3.8, 4) is 0 Å². The maximum atomic E-state index is 10.5. The summed E-state index contributed by atoms with van der Waals surface area (Å²) in [5.74, 6) is -0.655. The van der Waals surface area contributed by atoms with Gasteiger partial charge in [-0.25, -0.2) is 9.78 Å². The molecule has 1 aliphatic rings. The minimum Gasteiger partial charge on any atom is -0.479 e.